The molecule has 1 amide bonds. The van der Waals surface area contributed by atoms with Crippen LogP contribution >= 0.6 is 0 Å². The number of para-hydroxylation sites is 1. The number of hydrogen-bond donors (Lipinski definition) is 1. The molecule has 0 radical (unpaired) electrons. The van der Waals surface area contributed by atoms with Gasteiger partial charge in [0.05, 0.1) is 12.2 Å². The van der Waals surface area contributed by atoms with Gasteiger partial charge < -0.3 is 10.1 Å². The summed E-state index contributed by atoms with van der Waals surface area (Å²) in [6.45, 7) is 8.14. The number of hydrogen-bond acceptors (Lipinski definition) is 2. The van der Waals surface area contributed by atoms with Gasteiger partial charge in [0.1, 0.15) is 5.75 Å². The fourth-order valence-electron chi connectivity index (χ4n) is 1.29. The maximum absolute atomic E-state index is 11.8. The summed E-state index contributed by atoms with van der Waals surface area (Å²) in [6.07, 6.45) is 4.17. The molecule has 0 bridgehead atoms. The zero-order chi connectivity index (χ0) is 12.5. The summed E-state index contributed by atoms with van der Waals surface area (Å²) >= 11 is 0. The third kappa shape index (κ3) is 4.15. The van der Waals surface area contributed by atoms with Crippen molar-refractivity contribution in [3.8, 4) is 5.75 Å². The molecule has 1 aromatic rings. The molecular formula is C14H17NO2. The van der Waals surface area contributed by atoms with Crippen LogP contribution in [0, 0.1) is 0 Å². The summed E-state index contributed by atoms with van der Waals surface area (Å²) in [4.78, 5) is 11.8. The van der Waals surface area contributed by atoms with Crippen molar-refractivity contribution in [3.63, 3.8) is 0 Å². The van der Waals surface area contributed by atoms with E-state index in [-0.39, 0.29) is 5.91 Å². The minimum absolute atomic E-state index is 0.154. The van der Waals surface area contributed by atoms with Crippen LogP contribution in [0.15, 0.2) is 49.6 Å². The smallest absolute Gasteiger partial charge is 0.255 e. The molecule has 3 heteroatoms. The maximum Gasteiger partial charge on any atom is 0.255 e. The number of nitrogens with one attached hydrogen (secondary N) is 1. The quantitative estimate of drug-likeness (QED) is 0.578. The second-order valence-electron chi connectivity index (χ2n) is 3.42. The highest BCUT2D eigenvalue weighted by Crippen LogP contribution is 2.17. The van der Waals surface area contributed by atoms with E-state index in [1.54, 1.807) is 24.3 Å². The van der Waals surface area contributed by atoms with Gasteiger partial charge in [-0.3, -0.25) is 4.79 Å². The highest BCUT2D eigenvalue weighted by Gasteiger charge is 2.10. The molecule has 0 aliphatic carbocycles. The zero-order valence-electron chi connectivity index (χ0n) is 9.82. The summed E-state index contributed by atoms with van der Waals surface area (Å²) in [5.41, 5.74) is 0.540. The molecule has 0 fully saturated rings. The number of rotatable bonds is 7. The first-order valence-corrected chi connectivity index (χ1v) is 5.51. The van der Waals surface area contributed by atoms with Crippen LogP contribution < -0.4 is 10.1 Å². The average Bonchev–Trinajstić information content (AvgIpc) is 2.37. The van der Waals surface area contributed by atoms with E-state index >= 15 is 0 Å². The molecule has 0 aliphatic rings. The highest BCUT2D eigenvalue weighted by molar-refractivity contribution is 5.96. The van der Waals surface area contributed by atoms with E-state index in [1.165, 1.54) is 0 Å². The lowest BCUT2D eigenvalue weighted by Gasteiger charge is -2.10. The number of ether oxygens (including phenoxy) is 1. The topological polar surface area (TPSA) is 38.3 Å². The first-order chi connectivity index (χ1) is 8.29. The Kier molecular flexibility index (Phi) is 5.58. The van der Waals surface area contributed by atoms with Gasteiger partial charge in [-0.25, -0.2) is 0 Å². The van der Waals surface area contributed by atoms with Crippen LogP contribution in [0.2, 0.25) is 0 Å². The van der Waals surface area contributed by atoms with Gasteiger partial charge in [0.25, 0.3) is 5.91 Å². The van der Waals surface area contributed by atoms with E-state index in [2.05, 4.69) is 18.5 Å². The van der Waals surface area contributed by atoms with Gasteiger partial charge >= 0.3 is 0 Å². The van der Waals surface area contributed by atoms with Crippen LogP contribution in [0.3, 0.4) is 0 Å². The van der Waals surface area contributed by atoms with Crippen LogP contribution in [-0.4, -0.2) is 19.1 Å². The number of carbonyl (C=O) groups is 1. The van der Waals surface area contributed by atoms with E-state index in [4.69, 9.17) is 4.74 Å². The molecule has 90 valence electrons. The van der Waals surface area contributed by atoms with Gasteiger partial charge in [0, 0.05) is 6.54 Å². The number of amides is 1. The Labute approximate surface area is 102 Å². The largest absolute Gasteiger partial charge is 0.492 e. The highest BCUT2D eigenvalue weighted by atomic mass is 16.5. The molecule has 1 N–H and O–H groups in total. The third-order valence-electron chi connectivity index (χ3n) is 2.12. The Morgan fingerprint density at radius 2 is 2.06 bits per heavy atom. The second kappa shape index (κ2) is 7.28. The Balaban J connectivity index is 2.72. The molecule has 0 atom stereocenters. The van der Waals surface area contributed by atoms with Gasteiger partial charge in [-0.1, -0.05) is 24.3 Å². The van der Waals surface area contributed by atoms with Crippen molar-refractivity contribution in [1.29, 1.82) is 0 Å². The van der Waals surface area contributed by atoms with Crippen molar-refractivity contribution >= 4 is 5.91 Å². The average molecular weight is 231 g/mol. The SMILES string of the molecule is C=CCCOc1ccccc1C(=O)NCC=C. The first kappa shape index (κ1) is 13.0. The van der Waals surface area contributed by atoms with Gasteiger partial charge in [0.2, 0.25) is 0 Å². The second-order valence-corrected chi connectivity index (χ2v) is 3.42. The van der Waals surface area contributed by atoms with Gasteiger partial charge in [-0.2, -0.15) is 0 Å². The molecule has 1 rings (SSSR count). The maximum atomic E-state index is 11.8. The summed E-state index contributed by atoms with van der Waals surface area (Å²) in [5, 5.41) is 2.72. The number of benzene rings is 1. The Bertz CT molecular complexity index is 399. The van der Waals surface area contributed by atoms with E-state index < -0.39 is 0 Å². The lowest BCUT2D eigenvalue weighted by atomic mass is 10.2. The van der Waals surface area contributed by atoms with Crippen molar-refractivity contribution in [1.82, 2.24) is 5.32 Å². The predicted octanol–water partition coefficient (Wildman–Crippen LogP) is 2.56. The van der Waals surface area contributed by atoms with Crippen molar-refractivity contribution < 1.29 is 9.53 Å². The van der Waals surface area contributed by atoms with Gasteiger partial charge in [-0.15, -0.1) is 13.2 Å². The third-order valence-corrected chi connectivity index (χ3v) is 2.12. The fourth-order valence-corrected chi connectivity index (χ4v) is 1.29. The molecule has 17 heavy (non-hydrogen) atoms. The van der Waals surface area contributed by atoms with E-state index in [9.17, 15) is 4.79 Å². The molecule has 0 unspecified atom stereocenters. The molecule has 0 spiro atoms. The molecule has 0 aromatic heterocycles. The summed E-state index contributed by atoms with van der Waals surface area (Å²) in [5.74, 6) is 0.440. The van der Waals surface area contributed by atoms with Crippen molar-refractivity contribution in [3.05, 3.63) is 55.1 Å². The standard InChI is InChI=1S/C14H17NO2/c1-3-5-11-17-13-9-7-6-8-12(13)14(16)15-10-4-2/h3-4,6-9H,1-2,5,10-11H2,(H,15,16). The molecule has 1 aromatic carbocycles. The summed E-state index contributed by atoms with van der Waals surface area (Å²) < 4.78 is 5.52. The Morgan fingerprint density at radius 1 is 1.29 bits per heavy atom. The van der Waals surface area contributed by atoms with Crippen LogP contribution in [0.5, 0.6) is 5.75 Å². The molecule has 0 aliphatic heterocycles. The van der Waals surface area contributed by atoms with Crippen LogP contribution in [-0.2, 0) is 0 Å². The van der Waals surface area contributed by atoms with Crippen molar-refractivity contribution in [2.24, 2.45) is 0 Å². The fraction of sp³-hybridized carbons (Fsp3) is 0.214. The first-order valence-electron chi connectivity index (χ1n) is 5.51. The van der Waals surface area contributed by atoms with Crippen molar-refractivity contribution in [2.75, 3.05) is 13.2 Å². The monoisotopic (exact) mass is 231 g/mol. The Hall–Kier alpha value is -2.03. The molecule has 3 nitrogen and oxygen atoms in total. The molecule has 0 heterocycles. The minimum Gasteiger partial charge on any atom is -0.492 e. The Morgan fingerprint density at radius 3 is 2.76 bits per heavy atom. The van der Waals surface area contributed by atoms with E-state index in [1.807, 2.05) is 12.1 Å². The van der Waals surface area contributed by atoms with Gasteiger partial charge in [-0.05, 0) is 18.6 Å². The number of carbonyl (C=O) groups excluding carboxylic acids is 1. The summed E-state index contributed by atoms with van der Waals surface area (Å²) in [7, 11) is 0. The lowest BCUT2D eigenvalue weighted by Crippen LogP contribution is -2.23. The van der Waals surface area contributed by atoms with Crippen molar-refractivity contribution in [2.45, 2.75) is 6.42 Å². The van der Waals surface area contributed by atoms with E-state index in [0.29, 0.717) is 24.5 Å². The molecule has 0 saturated heterocycles. The van der Waals surface area contributed by atoms with Crippen LogP contribution in [0.1, 0.15) is 16.8 Å². The predicted molar refractivity (Wildman–Crippen MR) is 69.3 cm³/mol. The van der Waals surface area contributed by atoms with E-state index in [0.717, 1.165) is 6.42 Å². The lowest BCUT2D eigenvalue weighted by molar-refractivity contribution is 0.0954. The van der Waals surface area contributed by atoms with Crippen LogP contribution in [0.4, 0.5) is 0 Å². The molecule has 0 saturated carbocycles. The molecular weight excluding hydrogens is 214 g/mol. The zero-order valence-corrected chi connectivity index (χ0v) is 9.82. The summed E-state index contributed by atoms with van der Waals surface area (Å²) in [6, 6.07) is 7.17. The van der Waals surface area contributed by atoms with Gasteiger partial charge in [0.15, 0.2) is 0 Å². The van der Waals surface area contributed by atoms with Crippen LogP contribution in [0.25, 0.3) is 0 Å². The minimum atomic E-state index is -0.154. The normalized spacial score (nSPS) is 9.41.